The average Bonchev–Trinajstić information content (AvgIpc) is 2.09. The second-order valence-corrected chi connectivity index (χ2v) is 3.85. The van der Waals surface area contributed by atoms with Crippen LogP contribution in [0, 0.1) is 12.7 Å². The molecule has 0 aliphatic carbocycles. The summed E-state index contributed by atoms with van der Waals surface area (Å²) in [6, 6.07) is 2.98. The van der Waals surface area contributed by atoms with Gasteiger partial charge >= 0.3 is 0 Å². The van der Waals surface area contributed by atoms with Crippen LogP contribution in [-0.4, -0.2) is 11.7 Å². The monoisotopic (exact) mass is 246 g/mol. The van der Waals surface area contributed by atoms with Gasteiger partial charge in [-0.15, -0.1) is 0 Å². The lowest BCUT2D eigenvalue weighted by molar-refractivity contribution is 0.288. The Morgan fingerprint density at radius 3 is 2.77 bits per heavy atom. The number of benzene rings is 1. The van der Waals surface area contributed by atoms with Crippen LogP contribution in [0.15, 0.2) is 16.6 Å². The molecule has 0 amide bonds. The molecule has 1 nitrogen and oxygen atoms in total. The fourth-order valence-corrected chi connectivity index (χ4v) is 1.70. The van der Waals surface area contributed by atoms with Gasteiger partial charge in [-0.3, -0.25) is 0 Å². The van der Waals surface area contributed by atoms with Crippen LogP contribution in [0.25, 0.3) is 0 Å². The van der Waals surface area contributed by atoms with E-state index in [1.165, 1.54) is 12.1 Å². The number of aliphatic hydroxyl groups excluding tert-OH is 1. The Morgan fingerprint density at radius 1 is 1.46 bits per heavy atom. The molecule has 0 unspecified atom stereocenters. The number of aryl methyl sites for hydroxylation is 1. The average molecular weight is 247 g/mol. The molecule has 72 valence electrons. The molecule has 0 saturated carbocycles. The van der Waals surface area contributed by atoms with Gasteiger partial charge in [-0.05, 0) is 43.0 Å². The third kappa shape index (κ3) is 2.78. The molecular formula is C10H12BrFO. The van der Waals surface area contributed by atoms with Crippen LogP contribution in [0.4, 0.5) is 4.39 Å². The van der Waals surface area contributed by atoms with Gasteiger partial charge in [0.15, 0.2) is 0 Å². The Bertz CT molecular complexity index is 299. The van der Waals surface area contributed by atoms with Crippen LogP contribution in [0.3, 0.4) is 0 Å². The summed E-state index contributed by atoms with van der Waals surface area (Å²) in [6.45, 7) is 2.09. The zero-order valence-corrected chi connectivity index (χ0v) is 9.07. The van der Waals surface area contributed by atoms with Crippen LogP contribution >= 0.6 is 15.9 Å². The Hall–Kier alpha value is -0.410. The summed E-state index contributed by atoms with van der Waals surface area (Å²) < 4.78 is 13.7. The minimum absolute atomic E-state index is 0.146. The molecular weight excluding hydrogens is 235 g/mol. The first kappa shape index (κ1) is 10.7. The van der Waals surface area contributed by atoms with Crippen molar-refractivity contribution < 1.29 is 9.50 Å². The van der Waals surface area contributed by atoms with Crippen LogP contribution in [0.1, 0.15) is 17.5 Å². The van der Waals surface area contributed by atoms with E-state index in [0.717, 1.165) is 22.0 Å². The van der Waals surface area contributed by atoms with Gasteiger partial charge in [-0.2, -0.15) is 0 Å². The molecule has 3 heteroatoms. The second kappa shape index (κ2) is 4.72. The molecule has 0 spiro atoms. The van der Waals surface area contributed by atoms with Crippen molar-refractivity contribution in [1.29, 1.82) is 0 Å². The van der Waals surface area contributed by atoms with Crippen LogP contribution in [-0.2, 0) is 6.42 Å². The molecule has 1 N–H and O–H groups in total. The fraction of sp³-hybridized carbons (Fsp3) is 0.400. The molecule has 1 rings (SSSR count). The minimum atomic E-state index is -0.231. The van der Waals surface area contributed by atoms with Gasteiger partial charge in [0.25, 0.3) is 0 Å². The third-order valence-corrected chi connectivity index (χ3v) is 2.84. The summed E-state index contributed by atoms with van der Waals surface area (Å²) in [7, 11) is 0. The van der Waals surface area contributed by atoms with Crippen molar-refractivity contribution in [2.45, 2.75) is 19.8 Å². The summed E-state index contributed by atoms with van der Waals surface area (Å²) in [5, 5.41) is 8.65. The number of hydrogen-bond donors (Lipinski definition) is 1. The SMILES string of the molecule is Cc1c(Br)cc(F)cc1CCCO. The Morgan fingerprint density at radius 2 is 2.15 bits per heavy atom. The molecule has 13 heavy (non-hydrogen) atoms. The molecule has 0 saturated heterocycles. The molecule has 0 aliphatic rings. The first-order chi connectivity index (χ1) is 6.15. The predicted molar refractivity (Wildman–Crippen MR) is 54.2 cm³/mol. The van der Waals surface area contributed by atoms with E-state index in [4.69, 9.17) is 5.11 Å². The Labute approximate surface area is 85.7 Å². The highest BCUT2D eigenvalue weighted by atomic mass is 79.9. The predicted octanol–water partition coefficient (Wildman–Crippen LogP) is 2.82. The van der Waals surface area contributed by atoms with Gasteiger partial charge in [-0.25, -0.2) is 4.39 Å². The molecule has 0 atom stereocenters. The smallest absolute Gasteiger partial charge is 0.124 e. The molecule has 0 fully saturated rings. The van der Waals surface area contributed by atoms with E-state index in [2.05, 4.69) is 15.9 Å². The number of rotatable bonds is 3. The fourth-order valence-electron chi connectivity index (χ4n) is 1.23. The van der Waals surface area contributed by atoms with E-state index >= 15 is 0 Å². The highest BCUT2D eigenvalue weighted by molar-refractivity contribution is 9.10. The van der Waals surface area contributed by atoms with Gasteiger partial charge in [0.1, 0.15) is 5.82 Å². The second-order valence-electron chi connectivity index (χ2n) is 3.00. The van der Waals surface area contributed by atoms with Gasteiger partial charge in [-0.1, -0.05) is 15.9 Å². The van der Waals surface area contributed by atoms with Crippen LogP contribution in [0.5, 0.6) is 0 Å². The summed E-state index contributed by atoms with van der Waals surface area (Å²) in [6.07, 6.45) is 1.40. The molecule has 0 aliphatic heterocycles. The van der Waals surface area contributed by atoms with Crippen molar-refractivity contribution in [3.05, 3.63) is 33.5 Å². The molecule has 0 aromatic heterocycles. The lowest BCUT2D eigenvalue weighted by Gasteiger charge is -2.06. The lowest BCUT2D eigenvalue weighted by atomic mass is 10.0. The normalized spacial score (nSPS) is 10.5. The van der Waals surface area contributed by atoms with Gasteiger partial charge in [0.2, 0.25) is 0 Å². The maximum atomic E-state index is 12.9. The zero-order chi connectivity index (χ0) is 9.84. The first-order valence-electron chi connectivity index (χ1n) is 4.20. The van der Waals surface area contributed by atoms with E-state index in [0.29, 0.717) is 6.42 Å². The third-order valence-electron chi connectivity index (χ3n) is 2.02. The van der Waals surface area contributed by atoms with Crippen LogP contribution in [0.2, 0.25) is 0 Å². The molecule has 0 radical (unpaired) electrons. The molecule has 0 heterocycles. The van der Waals surface area contributed by atoms with Crippen molar-refractivity contribution in [2.24, 2.45) is 0 Å². The van der Waals surface area contributed by atoms with Crippen LogP contribution < -0.4 is 0 Å². The maximum Gasteiger partial charge on any atom is 0.124 e. The van der Waals surface area contributed by atoms with E-state index in [1.807, 2.05) is 6.92 Å². The number of hydrogen-bond acceptors (Lipinski definition) is 1. The minimum Gasteiger partial charge on any atom is -0.396 e. The first-order valence-corrected chi connectivity index (χ1v) is 5.00. The Balaban J connectivity index is 2.92. The van der Waals surface area contributed by atoms with Crippen molar-refractivity contribution in [1.82, 2.24) is 0 Å². The number of halogens is 2. The zero-order valence-electron chi connectivity index (χ0n) is 7.48. The van der Waals surface area contributed by atoms with E-state index in [1.54, 1.807) is 0 Å². The van der Waals surface area contributed by atoms with Gasteiger partial charge in [0.05, 0.1) is 0 Å². The Kier molecular flexibility index (Phi) is 3.88. The summed E-state index contributed by atoms with van der Waals surface area (Å²) >= 11 is 3.29. The van der Waals surface area contributed by atoms with E-state index in [9.17, 15) is 4.39 Å². The number of aliphatic hydroxyl groups is 1. The highest BCUT2D eigenvalue weighted by Crippen LogP contribution is 2.22. The van der Waals surface area contributed by atoms with Gasteiger partial charge in [0, 0.05) is 11.1 Å². The highest BCUT2D eigenvalue weighted by Gasteiger charge is 2.04. The van der Waals surface area contributed by atoms with Crippen molar-refractivity contribution in [3.63, 3.8) is 0 Å². The lowest BCUT2D eigenvalue weighted by Crippen LogP contribution is -1.95. The summed E-state index contributed by atoms with van der Waals surface area (Å²) in [5.41, 5.74) is 2.01. The van der Waals surface area contributed by atoms with E-state index in [-0.39, 0.29) is 12.4 Å². The largest absolute Gasteiger partial charge is 0.396 e. The van der Waals surface area contributed by atoms with Crippen molar-refractivity contribution >= 4 is 15.9 Å². The topological polar surface area (TPSA) is 20.2 Å². The summed E-state index contributed by atoms with van der Waals surface area (Å²) in [4.78, 5) is 0. The molecule has 0 bridgehead atoms. The van der Waals surface area contributed by atoms with Gasteiger partial charge < -0.3 is 5.11 Å². The van der Waals surface area contributed by atoms with Crippen molar-refractivity contribution in [3.8, 4) is 0 Å². The molecule has 1 aromatic rings. The molecule has 1 aromatic carbocycles. The maximum absolute atomic E-state index is 12.9. The van der Waals surface area contributed by atoms with E-state index < -0.39 is 0 Å². The summed E-state index contributed by atoms with van der Waals surface area (Å²) in [5.74, 6) is -0.231. The van der Waals surface area contributed by atoms with Crippen molar-refractivity contribution in [2.75, 3.05) is 6.61 Å². The standard InChI is InChI=1S/C10H12BrFO/c1-7-8(3-2-4-13)5-9(12)6-10(7)11/h5-6,13H,2-4H2,1H3. The quantitative estimate of drug-likeness (QED) is 0.870.